The summed E-state index contributed by atoms with van der Waals surface area (Å²) in [5, 5.41) is 22.1. The van der Waals surface area contributed by atoms with Crippen LogP contribution >= 0.6 is 11.6 Å². The molecule has 100 valence electrons. The average Bonchev–Trinajstić information content (AvgIpc) is 2.68. The molecule has 1 aromatic heterocycles. The van der Waals surface area contributed by atoms with E-state index >= 15 is 0 Å². The predicted octanol–water partition coefficient (Wildman–Crippen LogP) is 0.162. The third-order valence-corrected chi connectivity index (χ3v) is 2.22. The van der Waals surface area contributed by atoms with Crippen LogP contribution in [0.5, 0.6) is 0 Å². The number of carbonyl (C=O) groups is 1. The number of alkyl carbamates (subject to hydrolysis) is 1. The van der Waals surface area contributed by atoms with Gasteiger partial charge in [0.2, 0.25) is 0 Å². The minimum absolute atomic E-state index is 0.0728. The number of nitrogens with one attached hydrogen (secondary N) is 1. The Morgan fingerprint density at radius 1 is 1.83 bits per heavy atom. The first-order chi connectivity index (χ1) is 8.43. The van der Waals surface area contributed by atoms with Crippen LogP contribution in [0.15, 0.2) is 6.20 Å². The number of hydrogen-bond donors (Lipinski definition) is 2. The molecule has 1 heterocycles. The van der Waals surface area contributed by atoms with E-state index in [0.29, 0.717) is 0 Å². The zero-order chi connectivity index (χ0) is 13.7. The Labute approximate surface area is 106 Å². The first kappa shape index (κ1) is 14.2. The van der Waals surface area contributed by atoms with Crippen LogP contribution in [0.4, 0.5) is 10.6 Å². The second-order valence-corrected chi connectivity index (χ2v) is 3.62. The molecule has 0 aliphatic rings. The van der Waals surface area contributed by atoms with Crippen LogP contribution in [-0.2, 0) is 11.3 Å². The van der Waals surface area contributed by atoms with Crippen LogP contribution in [0.25, 0.3) is 0 Å². The number of aliphatic hydroxyl groups excluding tert-OH is 1. The van der Waals surface area contributed by atoms with E-state index < -0.39 is 22.9 Å². The van der Waals surface area contributed by atoms with Gasteiger partial charge in [-0.3, -0.25) is 4.57 Å². The molecule has 1 amide bonds. The summed E-state index contributed by atoms with van der Waals surface area (Å²) in [7, 11) is 1.38. The van der Waals surface area contributed by atoms with Gasteiger partial charge < -0.3 is 25.3 Å². The van der Waals surface area contributed by atoms with Crippen molar-refractivity contribution in [1.29, 1.82) is 0 Å². The summed E-state index contributed by atoms with van der Waals surface area (Å²) in [5.74, 6) is -0.417. The lowest BCUT2D eigenvalue weighted by molar-refractivity contribution is -0.389. The number of rotatable bonds is 5. The maximum atomic E-state index is 10.8. The second-order valence-electron chi connectivity index (χ2n) is 3.28. The number of carbonyl (C=O) groups excluding carboxylic acids is 1. The highest BCUT2D eigenvalue weighted by Crippen LogP contribution is 2.15. The van der Waals surface area contributed by atoms with E-state index in [-0.39, 0.29) is 18.4 Å². The molecule has 0 aliphatic carbocycles. The summed E-state index contributed by atoms with van der Waals surface area (Å²) in [6.45, 7) is -0.335. The van der Waals surface area contributed by atoms with Gasteiger partial charge in [-0.2, -0.15) is 0 Å². The number of nitro groups is 1. The highest BCUT2D eigenvalue weighted by molar-refractivity contribution is 6.28. The molecule has 10 heteroatoms. The van der Waals surface area contributed by atoms with Crippen LogP contribution in [0.3, 0.4) is 0 Å². The maximum absolute atomic E-state index is 10.8. The van der Waals surface area contributed by atoms with Gasteiger partial charge in [-0.15, -0.1) is 0 Å². The largest absolute Gasteiger partial charge is 0.447 e. The van der Waals surface area contributed by atoms with Gasteiger partial charge in [-0.1, -0.05) is 0 Å². The standard InChI is InChI=1S/C8H11ClN4O5/c1-10-8(15)18-4-5(14)2-12-3-6(13(16)17)11-7(12)9/h3,5,14H,2,4H2,1H3,(H,10,15). The summed E-state index contributed by atoms with van der Waals surface area (Å²) in [6, 6.07) is 0. The van der Waals surface area contributed by atoms with E-state index in [1.54, 1.807) is 0 Å². The van der Waals surface area contributed by atoms with Gasteiger partial charge in [-0.25, -0.2) is 4.79 Å². The van der Waals surface area contributed by atoms with Crippen LogP contribution < -0.4 is 5.32 Å². The molecule has 2 N–H and O–H groups in total. The third kappa shape index (κ3) is 3.86. The normalized spacial score (nSPS) is 11.9. The van der Waals surface area contributed by atoms with E-state index in [4.69, 9.17) is 11.6 Å². The molecule has 0 aromatic carbocycles. The topological polar surface area (TPSA) is 120 Å². The molecule has 0 radical (unpaired) electrons. The van der Waals surface area contributed by atoms with Crippen molar-refractivity contribution in [3.63, 3.8) is 0 Å². The lowest BCUT2D eigenvalue weighted by atomic mass is 10.4. The monoisotopic (exact) mass is 278 g/mol. The lowest BCUT2D eigenvalue weighted by Crippen LogP contribution is -2.27. The molecule has 0 saturated carbocycles. The Kier molecular flexibility index (Phi) is 4.86. The molecule has 1 aromatic rings. The van der Waals surface area contributed by atoms with Crippen molar-refractivity contribution in [1.82, 2.24) is 14.9 Å². The number of aliphatic hydroxyl groups is 1. The number of nitrogens with zero attached hydrogens (tertiary/aromatic N) is 3. The average molecular weight is 279 g/mol. The van der Waals surface area contributed by atoms with Gasteiger partial charge in [-0.05, 0) is 21.5 Å². The van der Waals surface area contributed by atoms with Gasteiger partial charge in [0.15, 0.2) is 0 Å². The first-order valence-corrected chi connectivity index (χ1v) is 5.21. The van der Waals surface area contributed by atoms with Crippen LogP contribution in [0.1, 0.15) is 0 Å². The zero-order valence-electron chi connectivity index (χ0n) is 9.37. The van der Waals surface area contributed by atoms with Gasteiger partial charge in [0.25, 0.3) is 0 Å². The molecule has 0 fully saturated rings. The van der Waals surface area contributed by atoms with Crippen LogP contribution in [0, 0.1) is 10.1 Å². The number of halogens is 1. The SMILES string of the molecule is CNC(=O)OCC(O)Cn1cc([N+](=O)[O-])nc1Cl. The number of ether oxygens (including phenoxy) is 1. The number of hydrogen-bond acceptors (Lipinski definition) is 6. The van der Waals surface area contributed by atoms with Crippen molar-refractivity contribution in [3.05, 3.63) is 21.6 Å². The zero-order valence-corrected chi connectivity index (χ0v) is 10.1. The molecule has 0 aliphatic heterocycles. The minimum atomic E-state index is -1.05. The maximum Gasteiger partial charge on any atom is 0.406 e. The highest BCUT2D eigenvalue weighted by atomic mass is 35.5. The highest BCUT2D eigenvalue weighted by Gasteiger charge is 2.19. The van der Waals surface area contributed by atoms with Crippen LogP contribution in [0.2, 0.25) is 5.28 Å². The Morgan fingerprint density at radius 2 is 2.50 bits per heavy atom. The number of aromatic nitrogens is 2. The quantitative estimate of drug-likeness (QED) is 0.585. The minimum Gasteiger partial charge on any atom is -0.447 e. The van der Waals surface area contributed by atoms with Crippen molar-refractivity contribution >= 4 is 23.5 Å². The Balaban J connectivity index is 2.56. The molecule has 18 heavy (non-hydrogen) atoms. The molecule has 0 bridgehead atoms. The predicted molar refractivity (Wildman–Crippen MR) is 60.3 cm³/mol. The van der Waals surface area contributed by atoms with Crippen molar-refractivity contribution in [2.75, 3.05) is 13.7 Å². The van der Waals surface area contributed by atoms with Crippen molar-refractivity contribution in [3.8, 4) is 0 Å². The summed E-state index contributed by atoms with van der Waals surface area (Å²) in [6.07, 6.45) is -0.642. The molecule has 1 atom stereocenters. The molecular formula is C8H11ClN4O5. The second kappa shape index (κ2) is 6.17. The third-order valence-electron chi connectivity index (χ3n) is 1.92. The first-order valence-electron chi connectivity index (χ1n) is 4.83. The Hall–Kier alpha value is -1.87. The smallest absolute Gasteiger partial charge is 0.406 e. The summed E-state index contributed by atoms with van der Waals surface area (Å²) < 4.78 is 5.80. The fraction of sp³-hybridized carbons (Fsp3) is 0.500. The van der Waals surface area contributed by atoms with Crippen LogP contribution in [-0.4, -0.2) is 45.4 Å². The van der Waals surface area contributed by atoms with Gasteiger partial charge in [0.1, 0.15) is 18.9 Å². The Morgan fingerprint density at radius 3 is 3.00 bits per heavy atom. The van der Waals surface area contributed by atoms with E-state index in [0.717, 1.165) is 6.20 Å². The van der Waals surface area contributed by atoms with Crippen molar-refractivity contribution in [2.45, 2.75) is 12.6 Å². The van der Waals surface area contributed by atoms with E-state index in [1.165, 1.54) is 11.6 Å². The van der Waals surface area contributed by atoms with E-state index in [2.05, 4.69) is 15.0 Å². The summed E-state index contributed by atoms with van der Waals surface area (Å²) in [5.41, 5.74) is 0. The van der Waals surface area contributed by atoms with Gasteiger partial charge in [0, 0.05) is 7.05 Å². The molecule has 1 unspecified atom stereocenters. The molecular weight excluding hydrogens is 268 g/mol. The molecule has 0 saturated heterocycles. The fourth-order valence-corrected chi connectivity index (χ4v) is 1.32. The van der Waals surface area contributed by atoms with E-state index in [9.17, 15) is 20.0 Å². The Bertz CT molecular complexity index is 449. The van der Waals surface area contributed by atoms with Crippen molar-refractivity contribution in [2.24, 2.45) is 0 Å². The summed E-state index contributed by atoms with van der Waals surface area (Å²) >= 11 is 5.64. The van der Waals surface area contributed by atoms with Gasteiger partial charge in [0.05, 0.1) is 6.54 Å². The number of imidazole rings is 1. The molecule has 0 spiro atoms. The van der Waals surface area contributed by atoms with E-state index in [1.807, 2.05) is 0 Å². The fourth-order valence-electron chi connectivity index (χ4n) is 1.12. The van der Waals surface area contributed by atoms with Crippen molar-refractivity contribution < 1.29 is 19.6 Å². The lowest BCUT2D eigenvalue weighted by Gasteiger charge is -2.11. The number of amides is 1. The molecule has 1 rings (SSSR count). The summed E-state index contributed by atoms with van der Waals surface area (Å²) in [4.78, 5) is 24.0. The van der Waals surface area contributed by atoms with Gasteiger partial charge >= 0.3 is 17.2 Å². The molecule has 9 nitrogen and oxygen atoms in total.